The van der Waals surface area contributed by atoms with Crippen LogP contribution in [-0.2, 0) is 11.2 Å². The molecule has 5 rings (SSSR count). The average Bonchev–Trinajstić information content (AvgIpc) is 3.21. The summed E-state index contributed by atoms with van der Waals surface area (Å²) in [6, 6.07) is 13.4. The largest absolute Gasteiger partial charge is 0.378 e. The van der Waals surface area contributed by atoms with E-state index >= 15 is 0 Å². The standard InChI is InChI=1S/C23H27FN6O.H2/c1-2-17-11-19(26-23-25-16-30(27-23)20-5-3-18(24)4-6-20)13-21(12-17)28-7-9-29(10-8-28)22-14-31-15-22;/h3-6,11-13,16,22H,2,7-10,14-15H2,1H3,(H,26,27);1H. The van der Waals surface area contributed by atoms with Gasteiger partial charge in [-0.25, -0.2) is 9.07 Å². The molecule has 0 bridgehead atoms. The molecule has 0 spiro atoms. The maximum atomic E-state index is 13.2. The Kier molecular flexibility index (Phi) is 5.57. The third kappa shape index (κ3) is 4.40. The van der Waals surface area contributed by atoms with Crippen LogP contribution < -0.4 is 10.2 Å². The first-order chi connectivity index (χ1) is 15.2. The van der Waals surface area contributed by atoms with Crippen LogP contribution in [0.5, 0.6) is 0 Å². The number of nitrogens with one attached hydrogen (secondary N) is 1. The molecule has 1 N–H and O–H groups in total. The number of rotatable bonds is 6. The van der Waals surface area contributed by atoms with E-state index in [1.165, 1.54) is 23.4 Å². The van der Waals surface area contributed by atoms with E-state index in [2.05, 4.69) is 50.3 Å². The Labute approximate surface area is 182 Å². The van der Waals surface area contributed by atoms with Gasteiger partial charge in [0.15, 0.2) is 0 Å². The Morgan fingerprint density at radius 2 is 1.84 bits per heavy atom. The van der Waals surface area contributed by atoms with Crippen molar-refractivity contribution < 1.29 is 10.6 Å². The molecule has 2 aromatic carbocycles. The second-order valence-electron chi connectivity index (χ2n) is 8.07. The quantitative estimate of drug-likeness (QED) is 0.654. The highest BCUT2D eigenvalue weighted by atomic mass is 19.1. The third-order valence-corrected chi connectivity index (χ3v) is 6.04. The highest BCUT2D eigenvalue weighted by molar-refractivity contribution is 5.64. The number of nitrogens with zero attached hydrogens (tertiary/aromatic N) is 5. The van der Waals surface area contributed by atoms with E-state index in [9.17, 15) is 4.39 Å². The average molecular weight is 425 g/mol. The Morgan fingerprint density at radius 3 is 2.52 bits per heavy atom. The van der Waals surface area contributed by atoms with Crippen molar-refractivity contribution in [1.82, 2.24) is 19.7 Å². The van der Waals surface area contributed by atoms with Crippen LogP contribution in [-0.4, -0.2) is 65.1 Å². The molecule has 2 aliphatic heterocycles. The number of hydrogen-bond donors (Lipinski definition) is 1. The van der Waals surface area contributed by atoms with Crippen LogP contribution >= 0.6 is 0 Å². The van der Waals surface area contributed by atoms with Gasteiger partial charge in [-0.15, -0.1) is 5.10 Å². The summed E-state index contributed by atoms with van der Waals surface area (Å²) in [5.74, 6) is 0.242. The van der Waals surface area contributed by atoms with Gasteiger partial charge in [-0.1, -0.05) is 6.92 Å². The minimum Gasteiger partial charge on any atom is -0.378 e. The molecule has 2 fully saturated rings. The van der Waals surface area contributed by atoms with Crippen molar-refractivity contribution in [1.29, 1.82) is 0 Å². The zero-order chi connectivity index (χ0) is 21.2. The van der Waals surface area contributed by atoms with Gasteiger partial charge in [-0.2, -0.15) is 4.98 Å². The molecule has 0 unspecified atom stereocenters. The van der Waals surface area contributed by atoms with Gasteiger partial charge < -0.3 is 15.0 Å². The molecule has 0 atom stereocenters. The molecule has 0 radical (unpaired) electrons. The molecule has 164 valence electrons. The smallest absolute Gasteiger partial charge is 0.246 e. The third-order valence-electron chi connectivity index (χ3n) is 6.04. The lowest BCUT2D eigenvalue weighted by Gasteiger charge is -2.43. The number of ether oxygens (including phenoxy) is 1. The van der Waals surface area contributed by atoms with Gasteiger partial charge in [0.1, 0.15) is 12.1 Å². The molecule has 0 saturated carbocycles. The molecule has 2 saturated heterocycles. The molecule has 8 heteroatoms. The van der Waals surface area contributed by atoms with Crippen LogP contribution in [0, 0.1) is 5.82 Å². The van der Waals surface area contributed by atoms with Gasteiger partial charge in [-0.05, 0) is 54.4 Å². The fourth-order valence-electron chi connectivity index (χ4n) is 4.08. The lowest BCUT2D eigenvalue weighted by molar-refractivity contribution is -0.0660. The van der Waals surface area contributed by atoms with Gasteiger partial charge in [0.25, 0.3) is 0 Å². The predicted octanol–water partition coefficient (Wildman–Crippen LogP) is 3.48. The van der Waals surface area contributed by atoms with Gasteiger partial charge in [-0.3, -0.25) is 4.90 Å². The molecule has 1 aromatic heterocycles. The first-order valence-corrected chi connectivity index (χ1v) is 10.8. The van der Waals surface area contributed by atoms with Gasteiger partial charge in [0.05, 0.1) is 24.9 Å². The Balaban J connectivity index is 0.00000245. The molecule has 0 aliphatic carbocycles. The van der Waals surface area contributed by atoms with Crippen LogP contribution in [0.3, 0.4) is 0 Å². The van der Waals surface area contributed by atoms with Crippen LogP contribution in [0.15, 0.2) is 48.8 Å². The Bertz CT molecular complexity index is 1030. The van der Waals surface area contributed by atoms with Crippen LogP contribution in [0.2, 0.25) is 0 Å². The predicted molar refractivity (Wildman–Crippen MR) is 121 cm³/mol. The van der Waals surface area contributed by atoms with E-state index in [1.54, 1.807) is 23.1 Å². The van der Waals surface area contributed by atoms with E-state index in [4.69, 9.17) is 4.74 Å². The first-order valence-electron chi connectivity index (χ1n) is 10.8. The second kappa shape index (κ2) is 8.64. The van der Waals surface area contributed by atoms with Crippen molar-refractivity contribution in [2.75, 3.05) is 49.6 Å². The summed E-state index contributed by atoms with van der Waals surface area (Å²) in [5, 5.41) is 7.82. The number of hydrogen-bond acceptors (Lipinski definition) is 6. The van der Waals surface area contributed by atoms with Crippen LogP contribution in [0.25, 0.3) is 5.69 Å². The summed E-state index contributed by atoms with van der Waals surface area (Å²) in [6.45, 7) is 8.07. The summed E-state index contributed by atoms with van der Waals surface area (Å²) in [4.78, 5) is 9.35. The van der Waals surface area contributed by atoms with E-state index < -0.39 is 0 Å². The number of anilines is 3. The van der Waals surface area contributed by atoms with Crippen molar-refractivity contribution >= 4 is 17.3 Å². The normalized spacial score (nSPS) is 17.5. The molecular weight excluding hydrogens is 395 g/mol. The fraction of sp³-hybridized carbons (Fsp3) is 0.391. The SMILES string of the molecule is CCc1cc(Nc2ncn(-c3ccc(F)cc3)n2)cc(N2CCN(C3COC3)CC2)c1.[HH]. The molecule has 2 aliphatic rings. The van der Waals surface area contributed by atoms with Gasteiger partial charge in [0, 0.05) is 39.0 Å². The molecular formula is C23H29FN6O. The maximum Gasteiger partial charge on any atom is 0.246 e. The lowest BCUT2D eigenvalue weighted by Crippen LogP contribution is -2.56. The van der Waals surface area contributed by atoms with E-state index in [0.29, 0.717) is 12.0 Å². The number of halogens is 1. The molecule has 0 amide bonds. The summed E-state index contributed by atoms with van der Waals surface area (Å²) >= 11 is 0. The van der Waals surface area contributed by atoms with Crippen molar-refractivity contribution in [3.63, 3.8) is 0 Å². The maximum absolute atomic E-state index is 13.2. The van der Waals surface area contributed by atoms with Crippen molar-refractivity contribution in [2.45, 2.75) is 19.4 Å². The van der Waals surface area contributed by atoms with Gasteiger partial charge >= 0.3 is 0 Å². The topological polar surface area (TPSA) is 58.5 Å². The van der Waals surface area contributed by atoms with Gasteiger partial charge in [0.2, 0.25) is 5.95 Å². The van der Waals surface area contributed by atoms with Crippen LogP contribution in [0.1, 0.15) is 13.9 Å². The highest BCUT2D eigenvalue weighted by Crippen LogP contribution is 2.26. The van der Waals surface area contributed by atoms with E-state index in [1.807, 2.05) is 0 Å². The zero-order valence-electron chi connectivity index (χ0n) is 17.7. The van der Waals surface area contributed by atoms with E-state index in [0.717, 1.165) is 57.2 Å². The summed E-state index contributed by atoms with van der Waals surface area (Å²) < 4.78 is 20.1. The lowest BCUT2D eigenvalue weighted by atomic mass is 10.1. The monoisotopic (exact) mass is 424 g/mol. The van der Waals surface area contributed by atoms with Crippen LogP contribution in [0.4, 0.5) is 21.7 Å². The fourth-order valence-corrected chi connectivity index (χ4v) is 4.08. The summed E-state index contributed by atoms with van der Waals surface area (Å²) in [6.07, 6.45) is 2.59. The number of aromatic nitrogens is 3. The molecule has 3 aromatic rings. The Morgan fingerprint density at radius 1 is 1.06 bits per heavy atom. The van der Waals surface area contributed by atoms with Crippen molar-refractivity contribution in [2.24, 2.45) is 0 Å². The Hall–Kier alpha value is -2.97. The van der Waals surface area contributed by atoms with Crippen molar-refractivity contribution in [3.05, 3.63) is 60.2 Å². The first kappa shape index (κ1) is 20.0. The molecule has 31 heavy (non-hydrogen) atoms. The minimum absolute atomic E-state index is 0. The molecule has 3 heterocycles. The number of benzene rings is 2. The van der Waals surface area contributed by atoms with Crippen molar-refractivity contribution in [3.8, 4) is 5.69 Å². The highest BCUT2D eigenvalue weighted by Gasteiger charge is 2.29. The summed E-state index contributed by atoms with van der Waals surface area (Å²) in [7, 11) is 0. The van der Waals surface area contributed by atoms with E-state index in [-0.39, 0.29) is 7.24 Å². The number of piperazine rings is 1. The summed E-state index contributed by atoms with van der Waals surface area (Å²) in [5.41, 5.74) is 4.23. The molecule has 7 nitrogen and oxygen atoms in total. The second-order valence-corrected chi connectivity index (χ2v) is 8.07. The number of aryl methyl sites for hydroxylation is 1. The minimum atomic E-state index is -0.270. The zero-order valence-corrected chi connectivity index (χ0v) is 17.7.